The average Bonchev–Trinajstić information content (AvgIpc) is 3.10. The number of nitrogens with zero attached hydrogens (tertiary/aromatic N) is 3. The van der Waals surface area contributed by atoms with Crippen LogP contribution in [-0.4, -0.2) is 15.2 Å². The van der Waals surface area contributed by atoms with Crippen LogP contribution in [0, 0.1) is 6.92 Å². The maximum absolute atomic E-state index is 4.59. The Morgan fingerprint density at radius 1 is 1.25 bits per heavy atom. The molecule has 3 aromatic rings. The summed E-state index contributed by atoms with van der Waals surface area (Å²) in [5, 5.41) is 14.2. The summed E-state index contributed by atoms with van der Waals surface area (Å²) in [5.41, 5.74) is 5.12. The molecule has 0 aliphatic carbocycles. The number of para-hydroxylation sites is 1. The average molecular weight is 320 g/mol. The SMILES string of the molecule is Cc1ccccc1Nc1nc(CSc2nncs2)cs1. The third kappa shape index (κ3) is 3.36. The number of aryl methyl sites for hydroxylation is 1. The first-order valence-electron chi connectivity index (χ1n) is 5.97. The molecule has 0 fully saturated rings. The van der Waals surface area contributed by atoms with Gasteiger partial charge in [0.2, 0.25) is 0 Å². The van der Waals surface area contributed by atoms with Gasteiger partial charge in [0.1, 0.15) is 5.51 Å². The van der Waals surface area contributed by atoms with Crippen LogP contribution in [-0.2, 0) is 5.75 Å². The minimum Gasteiger partial charge on any atom is -0.331 e. The summed E-state index contributed by atoms with van der Waals surface area (Å²) in [4.78, 5) is 4.59. The summed E-state index contributed by atoms with van der Waals surface area (Å²) in [6.07, 6.45) is 0. The Balaban J connectivity index is 1.63. The molecule has 0 amide bonds. The quantitative estimate of drug-likeness (QED) is 0.709. The van der Waals surface area contributed by atoms with Gasteiger partial charge in [0.25, 0.3) is 0 Å². The number of benzene rings is 1. The van der Waals surface area contributed by atoms with Crippen molar-refractivity contribution in [1.82, 2.24) is 15.2 Å². The lowest BCUT2D eigenvalue weighted by molar-refractivity contribution is 1.01. The van der Waals surface area contributed by atoms with Crippen LogP contribution in [0.15, 0.2) is 39.5 Å². The van der Waals surface area contributed by atoms with E-state index in [2.05, 4.69) is 44.9 Å². The van der Waals surface area contributed by atoms with Gasteiger partial charge in [0.05, 0.1) is 5.69 Å². The summed E-state index contributed by atoms with van der Waals surface area (Å²) < 4.78 is 0.978. The smallest absolute Gasteiger partial charge is 0.187 e. The monoisotopic (exact) mass is 320 g/mol. The second-order valence-corrected chi connectivity index (χ2v) is 6.99. The van der Waals surface area contributed by atoms with Crippen LogP contribution >= 0.6 is 34.4 Å². The van der Waals surface area contributed by atoms with Crippen molar-refractivity contribution in [2.24, 2.45) is 0 Å². The zero-order valence-electron chi connectivity index (χ0n) is 10.7. The molecule has 0 bridgehead atoms. The zero-order valence-corrected chi connectivity index (χ0v) is 13.2. The van der Waals surface area contributed by atoms with Crippen molar-refractivity contribution in [1.29, 1.82) is 0 Å². The van der Waals surface area contributed by atoms with Gasteiger partial charge >= 0.3 is 0 Å². The Labute approximate surface area is 129 Å². The summed E-state index contributed by atoms with van der Waals surface area (Å²) in [7, 11) is 0. The van der Waals surface area contributed by atoms with E-state index in [1.54, 1.807) is 39.9 Å². The first-order valence-corrected chi connectivity index (χ1v) is 8.72. The Morgan fingerprint density at radius 2 is 2.15 bits per heavy atom. The van der Waals surface area contributed by atoms with Crippen molar-refractivity contribution in [2.75, 3.05) is 5.32 Å². The molecule has 4 nitrogen and oxygen atoms in total. The third-order valence-corrected chi connectivity index (χ3v) is 5.32. The number of nitrogens with one attached hydrogen (secondary N) is 1. The van der Waals surface area contributed by atoms with Crippen LogP contribution in [0.25, 0.3) is 0 Å². The number of hydrogen-bond donors (Lipinski definition) is 1. The lowest BCUT2D eigenvalue weighted by Gasteiger charge is -2.05. The molecular formula is C13H12N4S3. The Hall–Kier alpha value is -1.44. The van der Waals surface area contributed by atoms with E-state index in [1.807, 2.05) is 12.1 Å². The number of anilines is 2. The molecule has 0 aliphatic rings. The molecule has 1 aromatic carbocycles. The second-order valence-electron chi connectivity index (χ2n) is 4.08. The fourth-order valence-corrected chi connectivity index (χ4v) is 3.83. The summed E-state index contributed by atoms with van der Waals surface area (Å²) in [6, 6.07) is 8.20. The van der Waals surface area contributed by atoms with E-state index in [9.17, 15) is 0 Å². The summed E-state index contributed by atoms with van der Waals surface area (Å²) >= 11 is 4.84. The van der Waals surface area contributed by atoms with Gasteiger partial charge in [0.15, 0.2) is 9.47 Å². The van der Waals surface area contributed by atoms with Crippen LogP contribution in [0.2, 0.25) is 0 Å². The van der Waals surface area contributed by atoms with Crippen molar-refractivity contribution in [3.05, 3.63) is 46.4 Å². The predicted molar refractivity (Wildman–Crippen MR) is 86.0 cm³/mol. The van der Waals surface area contributed by atoms with E-state index in [0.717, 1.165) is 26.6 Å². The number of hydrogen-bond acceptors (Lipinski definition) is 7. The topological polar surface area (TPSA) is 50.7 Å². The molecule has 2 aromatic heterocycles. The van der Waals surface area contributed by atoms with E-state index < -0.39 is 0 Å². The maximum atomic E-state index is 4.59. The number of aromatic nitrogens is 3. The number of thiazole rings is 1. The zero-order chi connectivity index (χ0) is 13.8. The van der Waals surface area contributed by atoms with Crippen molar-refractivity contribution >= 4 is 45.3 Å². The summed E-state index contributed by atoms with van der Waals surface area (Å²) in [5.74, 6) is 0.821. The van der Waals surface area contributed by atoms with E-state index in [1.165, 1.54) is 5.56 Å². The van der Waals surface area contributed by atoms with Crippen molar-refractivity contribution < 1.29 is 0 Å². The van der Waals surface area contributed by atoms with E-state index >= 15 is 0 Å². The molecule has 0 saturated carbocycles. The lowest BCUT2D eigenvalue weighted by atomic mass is 10.2. The molecule has 0 unspecified atom stereocenters. The lowest BCUT2D eigenvalue weighted by Crippen LogP contribution is -1.92. The predicted octanol–water partition coefficient (Wildman–Crippen LogP) is 4.34. The molecule has 2 heterocycles. The van der Waals surface area contributed by atoms with E-state index in [-0.39, 0.29) is 0 Å². The molecule has 0 spiro atoms. The first kappa shape index (κ1) is 13.5. The number of rotatable bonds is 5. The van der Waals surface area contributed by atoms with Crippen molar-refractivity contribution in [3.63, 3.8) is 0 Å². The van der Waals surface area contributed by atoms with Crippen LogP contribution in [0.1, 0.15) is 11.3 Å². The fourth-order valence-electron chi connectivity index (χ4n) is 1.62. The number of thioether (sulfide) groups is 1. The minimum absolute atomic E-state index is 0.821. The highest BCUT2D eigenvalue weighted by Crippen LogP contribution is 2.27. The van der Waals surface area contributed by atoms with Crippen LogP contribution in [0.4, 0.5) is 10.8 Å². The molecule has 0 atom stereocenters. The Bertz CT molecular complexity index is 679. The van der Waals surface area contributed by atoms with Gasteiger partial charge in [-0.3, -0.25) is 0 Å². The van der Waals surface area contributed by atoms with E-state index in [0.29, 0.717) is 0 Å². The highest BCUT2D eigenvalue weighted by atomic mass is 32.2. The van der Waals surface area contributed by atoms with Gasteiger partial charge in [-0.2, -0.15) is 0 Å². The summed E-state index contributed by atoms with van der Waals surface area (Å²) in [6.45, 7) is 2.09. The van der Waals surface area contributed by atoms with Gasteiger partial charge in [-0.15, -0.1) is 21.5 Å². The van der Waals surface area contributed by atoms with Crippen molar-refractivity contribution in [3.8, 4) is 0 Å². The highest BCUT2D eigenvalue weighted by Gasteiger charge is 2.05. The third-order valence-electron chi connectivity index (χ3n) is 2.62. The second kappa shape index (κ2) is 6.34. The molecular weight excluding hydrogens is 308 g/mol. The fraction of sp³-hybridized carbons (Fsp3) is 0.154. The standard InChI is InChI=1S/C13H12N4S3/c1-9-4-2-3-5-11(9)16-12-15-10(6-18-12)7-19-13-17-14-8-20-13/h2-6,8H,7H2,1H3,(H,15,16). The minimum atomic E-state index is 0.821. The molecule has 102 valence electrons. The van der Waals surface area contributed by atoms with Gasteiger partial charge in [-0.1, -0.05) is 41.3 Å². The van der Waals surface area contributed by atoms with E-state index in [4.69, 9.17) is 0 Å². The van der Waals surface area contributed by atoms with Crippen LogP contribution < -0.4 is 5.32 Å². The van der Waals surface area contributed by atoms with Gasteiger partial charge in [-0.05, 0) is 18.6 Å². The Kier molecular flexibility index (Phi) is 4.29. The van der Waals surface area contributed by atoms with Gasteiger partial charge in [0, 0.05) is 16.8 Å². The van der Waals surface area contributed by atoms with Crippen LogP contribution in [0.3, 0.4) is 0 Å². The largest absolute Gasteiger partial charge is 0.331 e. The maximum Gasteiger partial charge on any atom is 0.187 e. The van der Waals surface area contributed by atoms with Gasteiger partial charge < -0.3 is 5.32 Å². The normalized spacial score (nSPS) is 10.7. The molecule has 20 heavy (non-hydrogen) atoms. The van der Waals surface area contributed by atoms with Crippen molar-refractivity contribution in [2.45, 2.75) is 17.0 Å². The highest BCUT2D eigenvalue weighted by molar-refractivity contribution is 8.00. The Morgan fingerprint density at radius 3 is 2.95 bits per heavy atom. The molecule has 3 rings (SSSR count). The molecule has 1 N–H and O–H groups in total. The first-order chi connectivity index (χ1) is 9.81. The molecule has 0 aliphatic heterocycles. The van der Waals surface area contributed by atoms with Gasteiger partial charge in [-0.25, -0.2) is 4.98 Å². The molecule has 0 saturated heterocycles. The molecule has 7 heteroatoms. The van der Waals surface area contributed by atoms with Crippen LogP contribution in [0.5, 0.6) is 0 Å². The molecule has 0 radical (unpaired) electrons.